The SMILES string of the molecule is CC(C)n1cnc2c(NC3CCN(Cc4ccccc4)CC3)nc(Nc3ccc(N4CCOCC4)cc3)nc21. The van der Waals surface area contributed by atoms with E-state index in [1.807, 2.05) is 6.33 Å². The second kappa shape index (κ2) is 11.6. The number of benzene rings is 2. The summed E-state index contributed by atoms with van der Waals surface area (Å²) in [6.07, 6.45) is 4.00. The molecule has 0 saturated carbocycles. The second-order valence-electron chi connectivity index (χ2n) is 10.8. The van der Waals surface area contributed by atoms with Crippen LogP contribution in [0.5, 0.6) is 0 Å². The smallest absolute Gasteiger partial charge is 0.231 e. The minimum atomic E-state index is 0.250. The summed E-state index contributed by atoms with van der Waals surface area (Å²) in [6.45, 7) is 10.8. The summed E-state index contributed by atoms with van der Waals surface area (Å²) in [4.78, 5) is 19.4. The first-order chi connectivity index (χ1) is 19.1. The van der Waals surface area contributed by atoms with Gasteiger partial charge in [-0.05, 0) is 56.5 Å². The van der Waals surface area contributed by atoms with Gasteiger partial charge in [-0.1, -0.05) is 30.3 Å². The topological polar surface area (TPSA) is 83.4 Å². The summed E-state index contributed by atoms with van der Waals surface area (Å²) in [6, 6.07) is 19.8. The Labute approximate surface area is 230 Å². The molecule has 39 heavy (non-hydrogen) atoms. The van der Waals surface area contributed by atoms with Gasteiger partial charge in [-0.3, -0.25) is 4.90 Å². The molecular weight excluding hydrogens is 488 g/mol. The molecule has 0 spiro atoms. The number of ether oxygens (including phenoxy) is 1. The third-order valence-electron chi connectivity index (χ3n) is 7.65. The van der Waals surface area contributed by atoms with Crippen LogP contribution in [-0.4, -0.2) is 69.9 Å². The van der Waals surface area contributed by atoms with Crippen molar-refractivity contribution in [1.82, 2.24) is 24.4 Å². The molecule has 2 N–H and O–H groups in total. The fourth-order valence-electron chi connectivity index (χ4n) is 5.43. The summed E-state index contributed by atoms with van der Waals surface area (Å²) >= 11 is 0. The van der Waals surface area contributed by atoms with E-state index in [4.69, 9.17) is 19.7 Å². The van der Waals surface area contributed by atoms with Crippen LogP contribution in [0.2, 0.25) is 0 Å². The molecule has 0 aliphatic carbocycles. The number of hydrogen-bond acceptors (Lipinski definition) is 8. The molecule has 9 nitrogen and oxygen atoms in total. The van der Waals surface area contributed by atoms with Gasteiger partial charge in [0.1, 0.15) is 0 Å². The molecule has 2 aliphatic heterocycles. The minimum absolute atomic E-state index is 0.250. The first-order valence-electron chi connectivity index (χ1n) is 14.1. The van der Waals surface area contributed by atoms with E-state index in [0.29, 0.717) is 12.0 Å². The van der Waals surface area contributed by atoms with Crippen molar-refractivity contribution in [2.45, 2.75) is 45.3 Å². The van der Waals surface area contributed by atoms with Crippen LogP contribution in [0.4, 0.5) is 23.1 Å². The van der Waals surface area contributed by atoms with E-state index in [9.17, 15) is 0 Å². The summed E-state index contributed by atoms with van der Waals surface area (Å²) in [5, 5.41) is 7.17. The molecule has 2 aromatic heterocycles. The van der Waals surface area contributed by atoms with E-state index < -0.39 is 0 Å². The Morgan fingerprint density at radius 1 is 0.923 bits per heavy atom. The Bertz CT molecular complexity index is 1360. The average molecular weight is 527 g/mol. The van der Waals surface area contributed by atoms with E-state index in [2.05, 4.69) is 93.4 Å². The molecule has 4 aromatic rings. The monoisotopic (exact) mass is 526 g/mol. The van der Waals surface area contributed by atoms with Crippen LogP contribution >= 0.6 is 0 Å². The number of imidazole rings is 1. The van der Waals surface area contributed by atoms with Crippen LogP contribution in [0.25, 0.3) is 11.2 Å². The van der Waals surface area contributed by atoms with Crippen LogP contribution in [0.1, 0.15) is 38.3 Å². The van der Waals surface area contributed by atoms with E-state index in [0.717, 1.165) is 81.4 Å². The molecule has 0 atom stereocenters. The lowest BCUT2D eigenvalue weighted by Gasteiger charge is -2.32. The second-order valence-corrected chi connectivity index (χ2v) is 10.8. The zero-order chi connectivity index (χ0) is 26.6. The molecular formula is C30H38N8O. The lowest BCUT2D eigenvalue weighted by atomic mass is 10.0. The fourth-order valence-corrected chi connectivity index (χ4v) is 5.43. The van der Waals surface area contributed by atoms with Crippen molar-refractivity contribution < 1.29 is 4.74 Å². The van der Waals surface area contributed by atoms with Gasteiger partial charge >= 0.3 is 0 Å². The Balaban J connectivity index is 1.18. The lowest BCUT2D eigenvalue weighted by molar-refractivity contribution is 0.122. The number of piperidine rings is 1. The molecule has 2 fully saturated rings. The summed E-state index contributed by atoms with van der Waals surface area (Å²) in [5.74, 6) is 1.38. The highest BCUT2D eigenvalue weighted by Gasteiger charge is 2.22. The first-order valence-corrected chi connectivity index (χ1v) is 14.1. The molecule has 2 saturated heterocycles. The predicted octanol–water partition coefficient (Wildman–Crippen LogP) is 5.06. The van der Waals surface area contributed by atoms with E-state index in [1.54, 1.807) is 0 Å². The highest BCUT2D eigenvalue weighted by Crippen LogP contribution is 2.28. The van der Waals surface area contributed by atoms with Crippen molar-refractivity contribution in [3.05, 3.63) is 66.5 Å². The predicted molar refractivity (Wildman–Crippen MR) is 157 cm³/mol. The van der Waals surface area contributed by atoms with Gasteiger partial charge in [-0.2, -0.15) is 9.97 Å². The largest absolute Gasteiger partial charge is 0.378 e. The number of morpholine rings is 1. The number of anilines is 4. The van der Waals surface area contributed by atoms with Crippen molar-refractivity contribution in [1.29, 1.82) is 0 Å². The van der Waals surface area contributed by atoms with Crippen molar-refractivity contribution in [2.75, 3.05) is 54.9 Å². The molecule has 0 unspecified atom stereocenters. The summed E-state index contributed by atoms with van der Waals surface area (Å²) in [5.41, 5.74) is 5.20. The number of likely N-dealkylation sites (tertiary alicyclic amines) is 1. The Kier molecular flexibility index (Phi) is 7.60. The normalized spacial score (nSPS) is 17.2. The van der Waals surface area contributed by atoms with E-state index in [-0.39, 0.29) is 6.04 Å². The number of nitrogens with zero attached hydrogens (tertiary/aromatic N) is 6. The van der Waals surface area contributed by atoms with Crippen LogP contribution in [0.15, 0.2) is 60.9 Å². The molecule has 0 bridgehead atoms. The van der Waals surface area contributed by atoms with Crippen molar-refractivity contribution >= 4 is 34.3 Å². The van der Waals surface area contributed by atoms with Gasteiger partial charge in [0.25, 0.3) is 0 Å². The minimum Gasteiger partial charge on any atom is -0.378 e. The quantitative estimate of drug-likeness (QED) is 0.330. The Morgan fingerprint density at radius 2 is 1.67 bits per heavy atom. The van der Waals surface area contributed by atoms with Gasteiger partial charge < -0.3 is 24.8 Å². The third-order valence-corrected chi connectivity index (χ3v) is 7.65. The number of nitrogens with one attached hydrogen (secondary N) is 2. The highest BCUT2D eigenvalue weighted by atomic mass is 16.5. The van der Waals surface area contributed by atoms with Crippen molar-refractivity contribution in [3.8, 4) is 0 Å². The lowest BCUT2D eigenvalue weighted by Crippen LogP contribution is -2.38. The number of fused-ring (bicyclic) bond motifs is 1. The number of hydrogen-bond donors (Lipinski definition) is 2. The maximum absolute atomic E-state index is 5.49. The molecule has 2 aromatic carbocycles. The third kappa shape index (κ3) is 5.99. The maximum atomic E-state index is 5.49. The highest BCUT2D eigenvalue weighted by molar-refractivity contribution is 5.85. The zero-order valence-electron chi connectivity index (χ0n) is 22.9. The number of aromatic nitrogens is 4. The maximum Gasteiger partial charge on any atom is 0.231 e. The molecule has 0 amide bonds. The Hall–Kier alpha value is -3.69. The van der Waals surface area contributed by atoms with E-state index >= 15 is 0 Å². The van der Waals surface area contributed by atoms with Crippen LogP contribution in [0, 0.1) is 0 Å². The van der Waals surface area contributed by atoms with Gasteiger partial charge in [0.2, 0.25) is 5.95 Å². The average Bonchev–Trinajstić information content (AvgIpc) is 3.40. The van der Waals surface area contributed by atoms with Gasteiger partial charge in [-0.15, -0.1) is 0 Å². The van der Waals surface area contributed by atoms with Gasteiger partial charge in [0.15, 0.2) is 17.0 Å². The standard InChI is InChI=1S/C30H38N8O/c1-22(2)38-21-31-27-28(32-25-12-14-36(15-13-25)20-23-6-4-3-5-7-23)34-30(35-29(27)38)33-24-8-10-26(11-9-24)37-16-18-39-19-17-37/h3-11,21-22,25H,12-20H2,1-2H3,(H2,32,33,34,35). The molecule has 9 heteroatoms. The molecule has 4 heterocycles. The van der Waals surface area contributed by atoms with Crippen LogP contribution in [-0.2, 0) is 11.3 Å². The fraction of sp³-hybridized carbons (Fsp3) is 0.433. The van der Waals surface area contributed by atoms with Gasteiger partial charge in [-0.25, -0.2) is 4.98 Å². The van der Waals surface area contributed by atoms with Crippen LogP contribution in [0.3, 0.4) is 0 Å². The van der Waals surface area contributed by atoms with Gasteiger partial charge in [0.05, 0.1) is 19.5 Å². The molecule has 204 valence electrons. The molecule has 2 aliphatic rings. The van der Waals surface area contributed by atoms with Crippen molar-refractivity contribution in [2.24, 2.45) is 0 Å². The van der Waals surface area contributed by atoms with Gasteiger partial charge in [0, 0.05) is 56.2 Å². The van der Waals surface area contributed by atoms with E-state index in [1.165, 1.54) is 11.3 Å². The van der Waals surface area contributed by atoms with Crippen LogP contribution < -0.4 is 15.5 Å². The molecule has 6 rings (SSSR count). The van der Waals surface area contributed by atoms with Crippen molar-refractivity contribution in [3.63, 3.8) is 0 Å². The zero-order valence-corrected chi connectivity index (χ0v) is 22.9. The summed E-state index contributed by atoms with van der Waals surface area (Å²) in [7, 11) is 0. The number of rotatable bonds is 8. The summed E-state index contributed by atoms with van der Waals surface area (Å²) < 4.78 is 7.60. The molecule has 0 radical (unpaired) electrons. The Morgan fingerprint density at radius 3 is 2.38 bits per heavy atom. The first kappa shape index (κ1) is 25.6.